The fourth-order valence-electron chi connectivity index (χ4n) is 1.67. The predicted octanol–water partition coefficient (Wildman–Crippen LogP) is 2.12. The number of terminal acetylenes is 1. The molecule has 0 amide bonds. The van der Waals surface area contributed by atoms with Gasteiger partial charge in [-0.1, -0.05) is 23.6 Å². The second kappa shape index (κ2) is 5.61. The van der Waals surface area contributed by atoms with Crippen molar-refractivity contribution in [2.75, 3.05) is 13.1 Å². The van der Waals surface area contributed by atoms with E-state index in [0.717, 1.165) is 19.0 Å². The molecular weight excluding hydrogens is 158 g/mol. The van der Waals surface area contributed by atoms with Gasteiger partial charge < -0.3 is 5.32 Å². The molecule has 0 aromatic carbocycles. The van der Waals surface area contributed by atoms with Gasteiger partial charge in [-0.2, -0.15) is 0 Å². The fraction of sp³-hybridized carbons (Fsp3) is 0.500. The second-order valence-electron chi connectivity index (χ2n) is 3.46. The number of nitrogens with one attached hydrogen (secondary N) is 1. The van der Waals surface area contributed by atoms with Crippen LogP contribution in [0.3, 0.4) is 0 Å². The van der Waals surface area contributed by atoms with E-state index in [0.29, 0.717) is 0 Å². The van der Waals surface area contributed by atoms with E-state index < -0.39 is 0 Å². The summed E-state index contributed by atoms with van der Waals surface area (Å²) in [5, 5.41) is 3.36. The van der Waals surface area contributed by atoms with Crippen LogP contribution in [0.1, 0.15) is 19.8 Å². The third-order valence-corrected chi connectivity index (χ3v) is 2.53. The Morgan fingerprint density at radius 2 is 2.15 bits per heavy atom. The lowest BCUT2D eigenvalue weighted by molar-refractivity contribution is 0.420. The Hall–Kier alpha value is -1.00. The Bertz CT molecular complexity index is 236. The first kappa shape index (κ1) is 10.1. The van der Waals surface area contributed by atoms with Crippen molar-refractivity contribution < 1.29 is 0 Å². The van der Waals surface area contributed by atoms with Crippen molar-refractivity contribution >= 4 is 0 Å². The van der Waals surface area contributed by atoms with Crippen LogP contribution >= 0.6 is 0 Å². The van der Waals surface area contributed by atoms with Crippen molar-refractivity contribution in [2.45, 2.75) is 19.8 Å². The highest BCUT2D eigenvalue weighted by Gasteiger charge is 2.13. The summed E-state index contributed by atoms with van der Waals surface area (Å²) >= 11 is 0. The van der Waals surface area contributed by atoms with E-state index in [2.05, 4.69) is 24.2 Å². The summed E-state index contributed by atoms with van der Waals surface area (Å²) in [6, 6.07) is 0. The molecule has 0 radical (unpaired) electrons. The van der Waals surface area contributed by atoms with Gasteiger partial charge in [-0.15, -0.1) is 6.42 Å². The molecule has 0 bridgehead atoms. The highest BCUT2D eigenvalue weighted by atomic mass is 14.9. The minimum absolute atomic E-state index is 0.753. The first-order valence-corrected chi connectivity index (χ1v) is 4.84. The zero-order valence-electron chi connectivity index (χ0n) is 8.22. The van der Waals surface area contributed by atoms with Crippen LogP contribution in [0.2, 0.25) is 0 Å². The van der Waals surface area contributed by atoms with Crippen molar-refractivity contribution in [3.8, 4) is 12.3 Å². The van der Waals surface area contributed by atoms with Crippen LogP contribution in [0.25, 0.3) is 0 Å². The number of hydrogen-bond acceptors (Lipinski definition) is 1. The van der Waals surface area contributed by atoms with E-state index in [1.165, 1.54) is 18.4 Å². The first-order valence-electron chi connectivity index (χ1n) is 4.84. The van der Waals surface area contributed by atoms with E-state index in [1.807, 2.05) is 6.08 Å². The Balaban J connectivity index is 2.45. The zero-order chi connectivity index (χ0) is 9.52. The quantitative estimate of drug-likeness (QED) is 0.501. The van der Waals surface area contributed by atoms with Gasteiger partial charge in [-0.05, 0) is 44.8 Å². The van der Waals surface area contributed by atoms with Crippen molar-refractivity contribution in [1.29, 1.82) is 0 Å². The maximum atomic E-state index is 5.12. The van der Waals surface area contributed by atoms with Gasteiger partial charge in [-0.3, -0.25) is 0 Å². The van der Waals surface area contributed by atoms with E-state index in [4.69, 9.17) is 6.42 Å². The zero-order valence-corrected chi connectivity index (χ0v) is 8.22. The molecule has 0 unspecified atom stereocenters. The minimum Gasteiger partial charge on any atom is -0.317 e. The molecule has 1 aliphatic heterocycles. The normalized spacial score (nSPS) is 20.5. The van der Waals surface area contributed by atoms with Gasteiger partial charge in [0.1, 0.15) is 0 Å². The smallest absolute Gasteiger partial charge is 0.00432 e. The molecule has 0 atom stereocenters. The summed E-state index contributed by atoms with van der Waals surface area (Å²) in [4.78, 5) is 0. The highest BCUT2D eigenvalue weighted by Crippen LogP contribution is 2.20. The molecule has 70 valence electrons. The molecule has 1 saturated heterocycles. The SMILES string of the molecule is C#C/C=C\C=C(/C)C1CCNCC1. The lowest BCUT2D eigenvalue weighted by Gasteiger charge is -2.23. The van der Waals surface area contributed by atoms with Crippen molar-refractivity contribution in [3.05, 3.63) is 23.8 Å². The lowest BCUT2D eigenvalue weighted by Crippen LogP contribution is -2.28. The number of rotatable bonds is 2. The molecule has 1 heteroatoms. The average molecular weight is 175 g/mol. The summed E-state index contributed by atoms with van der Waals surface area (Å²) < 4.78 is 0. The van der Waals surface area contributed by atoms with Crippen LogP contribution in [0.4, 0.5) is 0 Å². The maximum absolute atomic E-state index is 5.12. The lowest BCUT2D eigenvalue weighted by atomic mass is 9.91. The van der Waals surface area contributed by atoms with Gasteiger partial charge in [0.05, 0.1) is 0 Å². The molecule has 1 N–H and O–H groups in total. The van der Waals surface area contributed by atoms with Crippen LogP contribution in [0, 0.1) is 18.3 Å². The molecule has 0 aromatic heterocycles. The summed E-state index contributed by atoms with van der Waals surface area (Å²) in [6.07, 6.45) is 13.5. The van der Waals surface area contributed by atoms with Gasteiger partial charge in [0.25, 0.3) is 0 Å². The Morgan fingerprint density at radius 1 is 1.46 bits per heavy atom. The van der Waals surface area contributed by atoms with Gasteiger partial charge in [0, 0.05) is 0 Å². The number of allylic oxidation sites excluding steroid dienone is 4. The van der Waals surface area contributed by atoms with E-state index in [1.54, 1.807) is 6.08 Å². The van der Waals surface area contributed by atoms with Gasteiger partial charge in [0.2, 0.25) is 0 Å². The van der Waals surface area contributed by atoms with Crippen LogP contribution in [-0.2, 0) is 0 Å². The molecule has 1 heterocycles. The summed E-state index contributed by atoms with van der Waals surface area (Å²) in [5.41, 5.74) is 1.45. The fourth-order valence-corrected chi connectivity index (χ4v) is 1.67. The summed E-state index contributed by atoms with van der Waals surface area (Å²) in [7, 11) is 0. The van der Waals surface area contributed by atoms with E-state index in [-0.39, 0.29) is 0 Å². The molecular formula is C12H17N. The van der Waals surface area contributed by atoms with Gasteiger partial charge in [0.15, 0.2) is 0 Å². The Kier molecular flexibility index (Phi) is 4.35. The summed E-state index contributed by atoms with van der Waals surface area (Å²) in [5.74, 6) is 3.24. The second-order valence-corrected chi connectivity index (χ2v) is 3.46. The molecule has 1 nitrogen and oxygen atoms in total. The Labute approximate surface area is 80.9 Å². The number of piperidine rings is 1. The van der Waals surface area contributed by atoms with Crippen molar-refractivity contribution in [3.63, 3.8) is 0 Å². The van der Waals surface area contributed by atoms with Crippen molar-refractivity contribution in [2.24, 2.45) is 5.92 Å². The molecule has 0 saturated carbocycles. The highest BCUT2D eigenvalue weighted by molar-refractivity contribution is 5.20. The molecule has 0 spiro atoms. The monoisotopic (exact) mass is 175 g/mol. The molecule has 1 rings (SSSR count). The third kappa shape index (κ3) is 3.48. The van der Waals surface area contributed by atoms with Gasteiger partial charge >= 0.3 is 0 Å². The summed E-state index contributed by atoms with van der Waals surface area (Å²) in [6.45, 7) is 4.49. The van der Waals surface area contributed by atoms with Crippen LogP contribution in [0.5, 0.6) is 0 Å². The molecule has 0 aromatic rings. The topological polar surface area (TPSA) is 12.0 Å². The third-order valence-electron chi connectivity index (χ3n) is 2.53. The number of hydrogen-bond donors (Lipinski definition) is 1. The van der Waals surface area contributed by atoms with Crippen LogP contribution in [-0.4, -0.2) is 13.1 Å². The molecule has 1 fully saturated rings. The van der Waals surface area contributed by atoms with Crippen LogP contribution < -0.4 is 5.32 Å². The predicted molar refractivity (Wildman–Crippen MR) is 57.3 cm³/mol. The van der Waals surface area contributed by atoms with Crippen LogP contribution in [0.15, 0.2) is 23.8 Å². The van der Waals surface area contributed by atoms with Crippen molar-refractivity contribution in [1.82, 2.24) is 5.32 Å². The van der Waals surface area contributed by atoms with E-state index in [9.17, 15) is 0 Å². The largest absolute Gasteiger partial charge is 0.317 e. The molecule has 1 aliphatic rings. The molecule has 0 aliphatic carbocycles. The first-order chi connectivity index (χ1) is 6.34. The molecule has 13 heavy (non-hydrogen) atoms. The van der Waals surface area contributed by atoms with Gasteiger partial charge in [-0.25, -0.2) is 0 Å². The average Bonchev–Trinajstić information content (AvgIpc) is 2.19. The maximum Gasteiger partial charge on any atom is -0.00432 e. The van der Waals surface area contributed by atoms with E-state index >= 15 is 0 Å². The standard InChI is InChI=1S/C12H17N/c1-3-4-5-6-11(2)12-7-9-13-10-8-12/h1,4-6,12-13H,7-10H2,2H3/b5-4-,11-6+. The Morgan fingerprint density at radius 3 is 2.77 bits per heavy atom. The minimum atomic E-state index is 0.753.